The van der Waals surface area contributed by atoms with Gasteiger partial charge in [-0.15, -0.1) is 0 Å². The van der Waals surface area contributed by atoms with Crippen molar-refractivity contribution in [2.75, 3.05) is 14.2 Å². The van der Waals surface area contributed by atoms with Crippen LogP contribution in [0.5, 0.6) is 17.2 Å². The van der Waals surface area contributed by atoms with Gasteiger partial charge in [0.25, 0.3) is 0 Å². The molecule has 0 radical (unpaired) electrons. The van der Waals surface area contributed by atoms with Crippen LogP contribution in [0.1, 0.15) is 6.92 Å². The van der Waals surface area contributed by atoms with Gasteiger partial charge in [-0.2, -0.15) is 0 Å². The molecule has 0 fully saturated rings. The number of rotatable bonds is 5. The van der Waals surface area contributed by atoms with Gasteiger partial charge in [0.1, 0.15) is 11.5 Å². The smallest absolute Gasteiger partial charge is 0.338 e. The largest absolute Gasteiger partial charge is 0.497 e. The predicted octanol–water partition coefficient (Wildman–Crippen LogP) is 3.99. The predicted molar refractivity (Wildman–Crippen MR) is 85.4 cm³/mol. The third kappa shape index (κ3) is 3.69. The average molecular weight is 316 g/mol. The number of hydrogen-bond acceptors (Lipinski definition) is 4. The Labute approximate surface area is 134 Å². The maximum atomic E-state index is 14.2. The Morgan fingerprint density at radius 1 is 1.04 bits per heavy atom. The Hall–Kier alpha value is -2.82. The van der Waals surface area contributed by atoms with Crippen molar-refractivity contribution < 1.29 is 23.4 Å². The summed E-state index contributed by atoms with van der Waals surface area (Å²) in [5.41, 5.74) is 1.49. The fourth-order valence-corrected chi connectivity index (χ4v) is 1.98. The van der Waals surface area contributed by atoms with E-state index in [0.717, 1.165) is 0 Å². The Bertz CT molecular complexity index is 753. The highest BCUT2D eigenvalue weighted by Gasteiger charge is 2.13. The summed E-state index contributed by atoms with van der Waals surface area (Å²) >= 11 is 0. The molecule has 120 valence electrons. The maximum Gasteiger partial charge on any atom is 0.338 e. The Morgan fingerprint density at radius 2 is 1.78 bits per heavy atom. The third-order valence-corrected chi connectivity index (χ3v) is 3.20. The minimum absolute atomic E-state index is 0.144. The van der Waals surface area contributed by atoms with Crippen molar-refractivity contribution in [2.24, 2.45) is 0 Å². The molecule has 0 aliphatic carbocycles. The first-order valence-electron chi connectivity index (χ1n) is 6.86. The zero-order chi connectivity index (χ0) is 17.0. The van der Waals surface area contributed by atoms with Gasteiger partial charge in [-0.25, -0.2) is 9.18 Å². The van der Waals surface area contributed by atoms with E-state index in [1.54, 1.807) is 31.4 Å². The van der Waals surface area contributed by atoms with Crippen LogP contribution in [-0.2, 0) is 4.79 Å². The van der Waals surface area contributed by atoms with E-state index in [1.165, 1.54) is 26.2 Å². The van der Waals surface area contributed by atoms with Crippen molar-refractivity contribution in [3.63, 3.8) is 0 Å². The second kappa shape index (κ2) is 6.96. The summed E-state index contributed by atoms with van der Waals surface area (Å²) in [4.78, 5) is 11.5. The number of ether oxygens (including phenoxy) is 3. The van der Waals surface area contributed by atoms with Crippen LogP contribution in [0.3, 0.4) is 0 Å². The monoisotopic (exact) mass is 316 g/mol. The summed E-state index contributed by atoms with van der Waals surface area (Å²) in [7, 11) is 3.08. The lowest BCUT2D eigenvalue weighted by Gasteiger charge is -2.12. The van der Waals surface area contributed by atoms with E-state index in [0.29, 0.717) is 22.6 Å². The SMILES string of the molecule is C=C(C)C(=O)Oc1ccc(-c2ccc(OC)cc2OC)cc1F. The second-order valence-electron chi connectivity index (χ2n) is 4.88. The first kappa shape index (κ1) is 16.5. The molecule has 2 aromatic carbocycles. The number of carbonyl (C=O) groups excluding carboxylic acids is 1. The molecule has 0 bridgehead atoms. The molecule has 2 aromatic rings. The molecule has 0 spiro atoms. The summed E-state index contributed by atoms with van der Waals surface area (Å²) < 4.78 is 29.5. The molecule has 0 aliphatic heterocycles. The van der Waals surface area contributed by atoms with Gasteiger partial charge in [0, 0.05) is 17.2 Å². The third-order valence-electron chi connectivity index (χ3n) is 3.20. The Morgan fingerprint density at radius 3 is 2.35 bits per heavy atom. The number of hydrogen-bond donors (Lipinski definition) is 0. The number of halogens is 1. The van der Waals surface area contributed by atoms with Gasteiger partial charge in [-0.3, -0.25) is 0 Å². The minimum Gasteiger partial charge on any atom is -0.497 e. The summed E-state index contributed by atoms with van der Waals surface area (Å²) in [6.07, 6.45) is 0. The lowest BCUT2D eigenvalue weighted by molar-refractivity contribution is -0.130. The molecule has 0 unspecified atom stereocenters. The van der Waals surface area contributed by atoms with Crippen LogP contribution in [-0.4, -0.2) is 20.2 Å². The lowest BCUT2D eigenvalue weighted by Crippen LogP contribution is -2.09. The molecule has 0 aliphatic rings. The summed E-state index contributed by atoms with van der Waals surface area (Å²) in [5.74, 6) is -0.267. The fourth-order valence-electron chi connectivity index (χ4n) is 1.98. The first-order valence-corrected chi connectivity index (χ1v) is 6.86. The number of carbonyl (C=O) groups is 1. The molecular formula is C18H17FO4. The Balaban J connectivity index is 2.37. The van der Waals surface area contributed by atoms with Crippen LogP contribution in [0.15, 0.2) is 48.6 Å². The van der Waals surface area contributed by atoms with E-state index in [2.05, 4.69) is 6.58 Å². The van der Waals surface area contributed by atoms with Crippen LogP contribution < -0.4 is 14.2 Å². The van der Waals surface area contributed by atoms with Gasteiger partial charge < -0.3 is 14.2 Å². The quantitative estimate of drug-likeness (QED) is 0.475. The molecule has 0 aromatic heterocycles. The second-order valence-corrected chi connectivity index (χ2v) is 4.88. The van der Waals surface area contributed by atoms with Crippen molar-refractivity contribution >= 4 is 5.97 Å². The molecule has 0 atom stereocenters. The summed E-state index contributed by atoms with van der Waals surface area (Å²) in [5, 5.41) is 0. The van der Waals surface area contributed by atoms with Crippen molar-refractivity contribution in [1.29, 1.82) is 0 Å². The van der Waals surface area contributed by atoms with Crippen molar-refractivity contribution in [1.82, 2.24) is 0 Å². The lowest BCUT2D eigenvalue weighted by atomic mass is 10.0. The topological polar surface area (TPSA) is 44.8 Å². The molecule has 0 N–H and O–H groups in total. The standard InChI is InChI=1S/C18H17FO4/c1-11(2)18(20)23-16-8-5-12(9-15(16)19)14-7-6-13(21-3)10-17(14)22-4/h5-10H,1H2,2-4H3. The molecule has 2 rings (SSSR count). The highest BCUT2D eigenvalue weighted by Crippen LogP contribution is 2.35. The van der Waals surface area contributed by atoms with Crippen LogP contribution in [0.4, 0.5) is 4.39 Å². The van der Waals surface area contributed by atoms with Crippen LogP contribution in [0, 0.1) is 5.82 Å². The Kier molecular flexibility index (Phi) is 5.01. The number of benzene rings is 2. The average Bonchev–Trinajstić information content (AvgIpc) is 2.55. The first-order chi connectivity index (χ1) is 11.0. The van der Waals surface area contributed by atoms with Crippen LogP contribution in [0.2, 0.25) is 0 Å². The van der Waals surface area contributed by atoms with Crippen molar-refractivity contribution in [3.05, 3.63) is 54.4 Å². The normalized spacial score (nSPS) is 10.1. The highest BCUT2D eigenvalue weighted by molar-refractivity contribution is 5.88. The van der Waals surface area contributed by atoms with Crippen LogP contribution >= 0.6 is 0 Å². The van der Waals surface area contributed by atoms with E-state index in [1.807, 2.05) is 0 Å². The van der Waals surface area contributed by atoms with Crippen molar-refractivity contribution in [2.45, 2.75) is 6.92 Å². The molecular weight excluding hydrogens is 299 g/mol. The van der Waals surface area contributed by atoms with Gasteiger partial charge in [-0.05, 0) is 36.8 Å². The van der Waals surface area contributed by atoms with E-state index in [4.69, 9.17) is 14.2 Å². The molecule has 0 amide bonds. The highest BCUT2D eigenvalue weighted by atomic mass is 19.1. The number of esters is 1. The van der Waals surface area contributed by atoms with Gasteiger partial charge >= 0.3 is 5.97 Å². The molecule has 23 heavy (non-hydrogen) atoms. The molecule has 0 saturated heterocycles. The fraction of sp³-hybridized carbons (Fsp3) is 0.167. The minimum atomic E-state index is -0.668. The molecule has 0 heterocycles. The van der Waals surface area contributed by atoms with E-state index < -0.39 is 11.8 Å². The molecule has 4 nitrogen and oxygen atoms in total. The molecule has 0 saturated carbocycles. The zero-order valence-corrected chi connectivity index (χ0v) is 13.2. The van der Waals surface area contributed by atoms with E-state index in [9.17, 15) is 9.18 Å². The summed E-state index contributed by atoms with van der Waals surface area (Å²) in [6, 6.07) is 9.56. The van der Waals surface area contributed by atoms with E-state index in [-0.39, 0.29) is 11.3 Å². The zero-order valence-electron chi connectivity index (χ0n) is 13.2. The van der Waals surface area contributed by atoms with E-state index >= 15 is 0 Å². The van der Waals surface area contributed by atoms with Gasteiger partial charge in [0.05, 0.1) is 14.2 Å². The van der Waals surface area contributed by atoms with Crippen molar-refractivity contribution in [3.8, 4) is 28.4 Å². The van der Waals surface area contributed by atoms with Gasteiger partial charge in [0.2, 0.25) is 0 Å². The summed E-state index contributed by atoms with van der Waals surface area (Å²) in [6.45, 7) is 4.96. The van der Waals surface area contributed by atoms with Crippen LogP contribution in [0.25, 0.3) is 11.1 Å². The molecule has 5 heteroatoms. The number of methoxy groups -OCH3 is 2. The maximum absolute atomic E-state index is 14.2. The van der Waals surface area contributed by atoms with Gasteiger partial charge in [0.15, 0.2) is 11.6 Å². The van der Waals surface area contributed by atoms with Gasteiger partial charge in [-0.1, -0.05) is 12.6 Å².